The molecule has 0 radical (unpaired) electrons. The normalized spacial score (nSPS) is 10.9. The average molecular weight is 290 g/mol. The number of hydrogen-bond acceptors (Lipinski definition) is 3. The minimum atomic E-state index is -0.377. The van der Waals surface area contributed by atoms with Gasteiger partial charge in [0.1, 0.15) is 12.4 Å². The molecule has 1 aromatic heterocycles. The molecule has 0 fully saturated rings. The van der Waals surface area contributed by atoms with Crippen molar-refractivity contribution in [2.24, 2.45) is 0 Å². The molecule has 0 spiro atoms. The molecule has 1 heterocycles. The summed E-state index contributed by atoms with van der Waals surface area (Å²) in [5.74, 6) is -0.598. The second-order valence-corrected chi connectivity index (χ2v) is 5.13. The van der Waals surface area contributed by atoms with Gasteiger partial charge in [-0.2, -0.15) is 0 Å². The van der Waals surface area contributed by atoms with E-state index in [0.29, 0.717) is 18.3 Å². The van der Waals surface area contributed by atoms with Crippen molar-refractivity contribution in [3.63, 3.8) is 0 Å². The predicted octanol–water partition coefficient (Wildman–Crippen LogP) is 2.16. The number of halogens is 1. The Labute approximate surface area is 123 Å². The number of carbonyl (C=O) groups excluding carboxylic acids is 1. The molecule has 0 unspecified atom stereocenters. The quantitative estimate of drug-likeness (QED) is 0.857. The molecule has 0 saturated carbocycles. The van der Waals surface area contributed by atoms with Crippen LogP contribution in [0.1, 0.15) is 19.5 Å². The van der Waals surface area contributed by atoms with Crippen molar-refractivity contribution in [2.75, 3.05) is 5.32 Å². The van der Waals surface area contributed by atoms with Gasteiger partial charge < -0.3 is 15.2 Å². The molecule has 0 saturated heterocycles. The van der Waals surface area contributed by atoms with E-state index in [-0.39, 0.29) is 18.3 Å². The highest BCUT2D eigenvalue weighted by molar-refractivity contribution is 5.90. The van der Waals surface area contributed by atoms with Crippen molar-refractivity contribution in [3.8, 4) is 0 Å². The standard InChI is InChI=1S/C15H19FN4O/c1-11(2)17-7-14-8-20(10-18-14)9-15(21)19-13-5-3-4-12(16)6-13/h3-6,8,10-11,17H,7,9H2,1-2H3,(H,19,21). The van der Waals surface area contributed by atoms with Crippen LogP contribution in [0.25, 0.3) is 0 Å². The summed E-state index contributed by atoms with van der Waals surface area (Å²) in [4.78, 5) is 16.1. The zero-order valence-corrected chi connectivity index (χ0v) is 12.1. The van der Waals surface area contributed by atoms with Gasteiger partial charge in [0, 0.05) is 24.5 Å². The summed E-state index contributed by atoms with van der Waals surface area (Å²) < 4.78 is 14.7. The van der Waals surface area contributed by atoms with Gasteiger partial charge >= 0.3 is 0 Å². The highest BCUT2D eigenvalue weighted by Gasteiger charge is 2.06. The Bertz CT molecular complexity index is 609. The first-order chi connectivity index (χ1) is 10.0. The number of aromatic nitrogens is 2. The molecule has 0 atom stereocenters. The number of benzene rings is 1. The molecule has 0 aliphatic carbocycles. The van der Waals surface area contributed by atoms with Gasteiger partial charge in [-0.1, -0.05) is 19.9 Å². The van der Waals surface area contributed by atoms with Gasteiger partial charge in [-0.15, -0.1) is 0 Å². The minimum Gasteiger partial charge on any atom is -0.328 e. The Hall–Kier alpha value is -2.21. The summed E-state index contributed by atoms with van der Waals surface area (Å²) in [7, 11) is 0. The van der Waals surface area contributed by atoms with E-state index in [1.165, 1.54) is 12.1 Å². The van der Waals surface area contributed by atoms with E-state index >= 15 is 0 Å². The number of nitrogens with zero attached hydrogens (tertiary/aromatic N) is 2. The largest absolute Gasteiger partial charge is 0.328 e. The van der Waals surface area contributed by atoms with Crippen LogP contribution in [-0.4, -0.2) is 21.5 Å². The molecular weight excluding hydrogens is 271 g/mol. The monoisotopic (exact) mass is 290 g/mol. The number of nitrogens with one attached hydrogen (secondary N) is 2. The highest BCUT2D eigenvalue weighted by Crippen LogP contribution is 2.09. The lowest BCUT2D eigenvalue weighted by molar-refractivity contribution is -0.116. The van der Waals surface area contributed by atoms with Crippen molar-refractivity contribution in [2.45, 2.75) is 33.0 Å². The lowest BCUT2D eigenvalue weighted by Gasteiger charge is -2.06. The number of imidazole rings is 1. The smallest absolute Gasteiger partial charge is 0.244 e. The molecule has 112 valence electrons. The molecule has 21 heavy (non-hydrogen) atoms. The van der Waals surface area contributed by atoms with Crippen LogP contribution >= 0.6 is 0 Å². The summed E-state index contributed by atoms with van der Waals surface area (Å²) in [6.45, 7) is 4.92. The molecule has 0 aliphatic heterocycles. The number of amides is 1. The topological polar surface area (TPSA) is 59.0 Å². The number of carbonyl (C=O) groups is 1. The Morgan fingerprint density at radius 3 is 2.95 bits per heavy atom. The van der Waals surface area contributed by atoms with Crippen molar-refractivity contribution >= 4 is 11.6 Å². The molecule has 2 N–H and O–H groups in total. The predicted molar refractivity (Wildman–Crippen MR) is 79.2 cm³/mol. The van der Waals surface area contributed by atoms with E-state index in [2.05, 4.69) is 29.5 Å². The van der Waals surface area contributed by atoms with Crippen molar-refractivity contribution in [1.29, 1.82) is 0 Å². The zero-order valence-electron chi connectivity index (χ0n) is 12.1. The van der Waals surface area contributed by atoms with Crippen molar-refractivity contribution in [3.05, 3.63) is 48.3 Å². The third kappa shape index (κ3) is 5.00. The first-order valence-corrected chi connectivity index (χ1v) is 6.82. The van der Waals surface area contributed by atoms with Gasteiger partial charge in [0.15, 0.2) is 0 Å². The van der Waals surface area contributed by atoms with Gasteiger partial charge in [0.25, 0.3) is 0 Å². The van der Waals surface area contributed by atoms with Crippen LogP contribution in [0.3, 0.4) is 0 Å². The maximum absolute atomic E-state index is 13.0. The Morgan fingerprint density at radius 1 is 1.43 bits per heavy atom. The summed E-state index contributed by atoms with van der Waals surface area (Å²) in [6.07, 6.45) is 3.43. The van der Waals surface area contributed by atoms with Crippen LogP contribution in [0.15, 0.2) is 36.8 Å². The van der Waals surface area contributed by atoms with E-state index in [1.807, 2.05) is 6.20 Å². The molecule has 1 aromatic carbocycles. The molecule has 0 aliphatic rings. The fourth-order valence-electron chi connectivity index (χ4n) is 1.83. The summed E-state index contributed by atoms with van der Waals surface area (Å²) >= 11 is 0. The molecular formula is C15H19FN4O. The third-order valence-electron chi connectivity index (χ3n) is 2.81. The number of rotatable bonds is 6. The van der Waals surface area contributed by atoms with E-state index < -0.39 is 0 Å². The van der Waals surface area contributed by atoms with Crippen LogP contribution in [0.2, 0.25) is 0 Å². The van der Waals surface area contributed by atoms with Crippen LogP contribution in [0.5, 0.6) is 0 Å². The second-order valence-electron chi connectivity index (χ2n) is 5.13. The van der Waals surface area contributed by atoms with Gasteiger partial charge in [-0.3, -0.25) is 4.79 Å². The van der Waals surface area contributed by atoms with Gasteiger partial charge in [-0.25, -0.2) is 9.37 Å². The highest BCUT2D eigenvalue weighted by atomic mass is 19.1. The molecule has 0 bridgehead atoms. The lowest BCUT2D eigenvalue weighted by Crippen LogP contribution is -2.22. The Kier molecular flexibility index (Phi) is 5.05. The summed E-state index contributed by atoms with van der Waals surface area (Å²) in [5.41, 5.74) is 1.32. The van der Waals surface area contributed by atoms with Gasteiger partial charge in [-0.05, 0) is 18.2 Å². The van der Waals surface area contributed by atoms with Gasteiger partial charge in [0.2, 0.25) is 5.91 Å². The lowest BCUT2D eigenvalue weighted by atomic mass is 10.3. The Balaban J connectivity index is 1.88. The third-order valence-corrected chi connectivity index (χ3v) is 2.81. The fraction of sp³-hybridized carbons (Fsp3) is 0.333. The molecule has 1 amide bonds. The molecule has 2 aromatic rings. The Morgan fingerprint density at radius 2 is 2.24 bits per heavy atom. The van der Waals surface area contributed by atoms with E-state index in [1.54, 1.807) is 23.0 Å². The van der Waals surface area contributed by atoms with E-state index in [9.17, 15) is 9.18 Å². The number of anilines is 1. The summed E-state index contributed by atoms with van der Waals surface area (Å²) in [6, 6.07) is 6.19. The molecule has 5 nitrogen and oxygen atoms in total. The summed E-state index contributed by atoms with van der Waals surface area (Å²) in [5, 5.41) is 5.90. The van der Waals surface area contributed by atoms with Crippen LogP contribution in [-0.2, 0) is 17.9 Å². The van der Waals surface area contributed by atoms with Crippen LogP contribution < -0.4 is 10.6 Å². The fourth-order valence-corrected chi connectivity index (χ4v) is 1.83. The first kappa shape index (κ1) is 15.2. The second kappa shape index (κ2) is 6.99. The molecule has 6 heteroatoms. The van der Waals surface area contributed by atoms with Crippen LogP contribution in [0, 0.1) is 5.82 Å². The molecule has 2 rings (SSSR count). The SMILES string of the molecule is CC(C)NCc1cn(CC(=O)Nc2cccc(F)c2)cn1. The van der Waals surface area contributed by atoms with Gasteiger partial charge in [0.05, 0.1) is 12.0 Å². The zero-order chi connectivity index (χ0) is 15.2. The average Bonchev–Trinajstić information content (AvgIpc) is 2.83. The first-order valence-electron chi connectivity index (χ1n) is 6.82. The maximum atomic E-state index is 13.0. The van der Waals surface area contributed by atoms with Crippen LogP contribution in [0.4, 0.5) is 10.1 Å². The van der Waals surface area contributed by atoms with Crippen molar-refractivity contribution in [1.82, 2.24) is 14.9 Å². The van der Waals surface area contributed by atoms with Crippen molar-refractivity contribution < 1.29 is 9.18 Å². The number of hydrogen-bond donors (Lipinski definition) is 2. The van der Waals surface area contributed by atoms with E-state index in [0.717, 1.165) is 5.69 Å². The maximum Gasteiger partial charge on any atom is 0.244 e. The minimum absolute atomic E-state index is 0.144. The van der Waals surface area contributed by atoms with E-state index in [4.69, 9.17) is 0 Å².